The van der Waals surface area contributed by atoms with Gasteiger partial charge < -0.3 is 4.98 Å². The zero-order valence-electron chi connectivity index (χ0n) is 11.0. The number of hydrogen-bond donors (Lipinski definition) is 1. The fourth-order valence-electron chi connectivity index (χ4n) is 1.50. The van der Waals surface area contributed by atoms with Gasteiger partial charge in [0, 0.05) is 27.7 Å². The zero-order valence-corrected chi connectivity index (χ0v) is 11.8. The Morgan fingerprint density at radius 2 is 2.16 bits per heavy atom. The van der Waals surface area contributed by atoms with Gasteiger partial charge in [0.25, 0.3) is 0 Å². The predicted molar refractivity (Wildman–Crippen MR) is 81.7 cm³/mol. The van der Waals surface area contributed by atoms with Gasteiger partial charge in [-0.3, -0.25) is 0 Å². The van der Waals surface area contributed by atoms with Gasteiger partial charge in [0.1, 0.15) is 11.6 Å². The Bertz CT molecular complexity index is 650. The number of rotatable bonds is 1. The highest BCUT2D eigenvalue weighted by atomic mass is 35.5. The number of nitriles is 1. The summed E-state index contributed by atoms with van der Waals surface area (Å²) in [5.41, 5.74) is 2.12. The molecule has 3 heteroatoms. The van der Waals surface area contributed by atoms with Crippen LogP contribution in [0.5, 0.6) is 0 Å². The Labute approximate surface area is 118 Å². The van der Waals surface area contributed by atoms with Crippen molar-refractivity contribution in [3.8, 4) is 18.4 Å². The maximum absolute atomic E-state index is 8.75. The van der Waals surface area contributed by atoms with E-state index < -0.39 is 0 Å². The quantitative estimate of drug-likeness (QED) is 0.588. The third kappa shape index (κ3) is 3.91. The van der Waals surface area contributed by atoms with Gasteiger partial charge >= 0.3 is 0 Å². The van der Waals surface area contributed by atoms with Crippen molar-refractivity contribution in [2.45, 2.75) is 20.3 Å². The van der Waals surface area contributed by atoms with E-state index in [-0.39, 0.29) is 0 Å². The molecular formula is C16H15ClN2. The second-order valence-electron chi connectivity index (χ2n) is 3.96. The molecule has 0 fully saturated rings. The lowest BCUT2D eigenvalue weighted by molar-refractivity contribution is 1.09. The van der Waals surface area contributed by atoms with E-state index in [1.165, 1.54) is 6.42 Å². The van der Waals surface area contributed by atoms with Crippen LogP contribution in [-0.4, -0.2) is 4.98 Å². The molecule has 2 aromatic rings. The Balaban J connectivity index is 0.000000550. The lowest BCUT2D eigenvalue weighted by atomic mass is 10.1. The standard InChI is InChI=1S/C13H7ClN2.C3H8/c1-2-9(7-15)5-10-8-16-13-4-3-11(14)6-12(10)13;1-3-2/h1,3-6,8,16H;3H2,1-2H3/b9-5-;. The minimum atomic E-state index is 0.292. The molecule has 19 heavy (non-hydrogen) atoms. The van der Waals surface area contributed by atoms with E-state index in [0.29, 0.717) is 10.6 Å². The number of nitrogens with one attached hydrogen (secondary N) is 1. The summed E-state index contributed by atoms with van der Waals surface area (Å²) < 4.78 is 0. The lowest BCUT2D eigenvalue weighted by Crippen LogP contribution is -1.74. The van der Waals surface area contributed by atoms with Crippen molar-refractivity contribution in [1.82, 2.24) is 4.98 Å². The number of aromatic nitrogens is 1. The smallest absolute Gasteiger partial charge is 0.108 e. The number of H-pyrrole nitrogens is 1. The monoisotopic (exact) mass is 270 g/mol. The summed E-state index contributed by atoms with van der Waals surface area (Å²) in [6.45, 7) is 4.25. The van der Waals surface area contributed by atoms with Crippen LogP contribution in [0, 0.1) is 23.7 Å². The van der Waals surface area contributed by atoms with Crippen LogP contribution in [0.2, 0.25) is 5.02 Å². The van der Waals surface area contributed by atoms with Gasteiger partial charge in [0.05, 0.1) is 0 Å². The Morgan fingerprint density at radius 1 is 1.47 bits per heavy atom. The molecule has 0 atom stereocenters. The normalized spacial score (nSPS) is 10.3. The Hall–Kier alpha value is -2.16. The molecule has 0 aliphatic rings. The van der Waals surface area contributed by atoms with Crippen LogP contribution in [0.25, 0.3) is 17.0 Å². The van der Waals surface area contributed by atoms with Crippen LogP contribution < -0.4 is 0 Å². The Kier molecular flexibility index (Phi) is 5.73. The van der Waals surface area contributed by atoms with Crippen LogP contribution in [0.1, 0.15) is 25.8 Å². The van der Waals surface area contributed by atoms with Crippen molar-refractivity contribution < 1.29 is 0 Å². The first-order valence-electron chi connectivity index (χ1n) is 6.01. The number of aromatic amines is 1. The number of nitrogens with zero attached hydrogens (tertiary/aromatic N) is 1. The summed E-state index contributed by atoms with van der Waals surface area (Å²) in [4.78, 5) is 3.09. The summed E-state index contributed by atoms with van der Waals surface area (Å²) in [6.07, 6.45) is 9.91. The minimum absolute atomic E-state index is 0.292. The highest BCUT2D eigenvalue weighted by Crippen LogP contribution is 2.23. The summed E-state index contributed by atoms with van der Waals surface area (Å²) in [6, 6.07) is 7.48. The van der Waals surface area contributed by atoms with Crippen molar-refractivity contribution >= 4 is 28.6 Å². The molecule has 96 valence electrons. The second-order valence-corrected chi connectivity index (χ2v) is 4.39. The fourth-order valence-corrected chi connectivity index (χ4v) is 1.67. The molecule has 0 aliphatic heterocycles. The largest absolute Gasteiger partial charge is 0.361 e. The van der Waals surface area contributed by atoms with Gasteiger partial charge in [0.15, 0.2) is 0 Å². The molecule has 0 amide bonds. The number of halogens is 1. The van der Waals surface area contributed by atoms with Gasteiger partial charge in [0.2, 0.25) is 0 Å². The number of terminal acetylenes is 1. The average molecular weight is 271 g/mol. The molecule has 1 N–H and O–H groups in total. The predicted octanol–water partition coefficient (Wildman–Crippen LogP) is 4.78. The first-order chi connectivity index (χ1) is 9.15. The van der Waals surface area contributed by atoms with Crippen molar-refractivity contribution in [2.24, 2.45) is 0 Å². The molecule has 1 heterocycles. The van der Waals surface area contributed by atoms with Crippen molar-refractivity contribution in [3.05, 3.63) is 40.6 Å². The molecule has 0 spiro atoms. The molecule has 0 aliphatic carbocycles. The van der Waals surface area contributed by atoms with Gasteiger partial charge in [-0.2, -0.15) is 5.26 Å². The molecule has 0 saturated heterocycles. The molecule has 0 bridgehead atoms. The molecule has 0 unspecified atom stereocenters. The Morgan fingerprint density at radius 3 is 2.74 bits per heavy atom. The molecule has 2 nitrogen and oxygen atoms in total. The van der Waals surface area contributed by atoms with E-state index in [2.05, 4.69) is 24.8 Å². The third-order valence-electron chi connectivity index (χ3n) is 2.25. The van der Waals surface area contributed by atoms with Gasteiger partial charge in [-0.25, -0.2) is 0 Å². The zero-order chi connectivity index (χ0) is 14.3. The minimum Gasteiger partial charge on any atom is -0.361 e. The van der Waals surface area contributed by atoms with E-state index in [4.69, 9.17) is 23.3 Å². The first-order valence-corrected chi connectivity index (χ1v) is 6.39. The van der Waals surface area contributed by atoms with Crippen LogP contribution >= 0.6 is 11.6 Å². The number of benzene rings is 1. The van der Waals surface area contributed by atoms with E-state index >= 15 is 0 Å². The van der Waals surface area contributed by atoms with Crippen LogP contribution in [-0.2, 0) is 0 Å². The molecule has 0 radical (unpaired) electrons. The van der Waals surface area contributed by atoms with E-state index in [9.17, 15) is 0 Å². The first kappa shape index (κ1) is 14.9. The number of fused-ring (bicyclic) bond motifs is 1. The molecule has 1 aromatic carbocycles. The fraction of sp³-hybridized carbons (Fsp3) is 0.188. The van der Waals surface area contributed by atoms with Gasteiger partial charge in [-0.1, -0.05) is 37.8 Å². The van der Waals surface area contributed by atoms with E-state index in [0.717, 1.165) is 16.5 Å². The second kappa shape index (κ2) is 7.31. The number of hydrogen-bond acceptors (Lipinski definition) is 1. The SMILES string of the molecule is C#C/C(C#N)=C/c1c[nH]c2ccc(Cl)cc12.CCC. The lowest BCUT2D eigenvalue weighted by Gasteiger charge is -1.93. The topological polar surface area (TPSA) is 39.6 Å². The highest BCUT2D eigenvalue weighted by Gasteiger charge is 2.02. The van der Waals surface area contributed by atoms with Crippen LogP contribution in [0.4, 0.5) is 0 Å². The van der Waals surface area contributed by atoms with Gasteiger partial charge in [-0.15, -0.1) is 6.42 Å². The molecule has 2 rings (SSSR count). The summed E-state index contributed by atoms with van der Waals surface area (Å²) in [5.74, 6) is 2.32. The van der Waals surface area contributed by atoms with E-state index in [1.807, 2.05) is 18.2 Å². The molecule has 0 saturated carbocycles. The molecule has 1 aromatic heterocycles. The maximum atomic E-state index is 8.75. The summed E-state index contributed by atoms with van der Waals surface area (Å²) in [7, 11) is 0. The van der Waals surface area contributed by atoms with Crippen LogP contribution in [0.15, 0.2) is 30.0 Å². The highest BCUT2D eigenvalue weighted by molar-refractivity contribution is 6.31. The van der Waals surface area contributed by atoms with E-state index in [1.54, 1.807) is 18.3 Å². The number of allylic oxidation sites excluding steroid dienone is 1. The van der Waals surface area contributed by atoms with Crippen LogP contribution in [0.3, 0.4) is 0 Å². The van der Waals surface area contributed by atoms with Gasteiger partial charge in [-0.05, 0) is 24.3 Å². The van der Waals surface area contributed by atoms with Crippen molar-refractivity contribution in [3.63, 3.8) is 0 Å². The maximum Gasteiger partial charge on any atom is 0.108 e. The van der Waals surface area contributed by atoms with Crippen molar-refractivity contribution in [2.75, 3.05) is 0 Å². The summed E-state index contributed by atoms with van der Waals surface area (Å²) in [5, 5.41) is 10.4. The average Bonchev–Trinajstić information content (AvgIpc) is 2.79. The van der Waals surface area contributed by atoms with Crippen molar-refractivity contribution in [1.29, 1.82) is 5.26 Å². The summed E-state index contributed by atoms with van der Waals surface area (Å²) >= 11 is 5.91. The third-order valence-corrected chi connectivity index (χ3v) is 2.49. The molecular weight excluding hydrogens is 256 g/mol.